The van der Waals surface area contributed by atoms with Crippen molar-refractivity contribution in [3.63, 3.8) is 0 Å². The molecule has 0 amide bonds. The standard InChI is InChI=1S/C20H17Br2ClN2/c1-12-18(23)5-4-6-19(12)24-11-17-13(2)25(14(3)20(17)22)16-9-7-15(21)8-10-16/h4-11H,1-3H3. The largest absolute Gasteiger partial charge is 0.317 e. The van der Waals surface area contributed by atoms with Gasteiger partial charge < -0.3 is 4.57 Å². The van der Waals surface area contributed by atoms with Gasteiger partial charge in [0.2, 0.25) is 0 Å². The molecule has 2 aromatic carbocycles. The molecule has 5 heteroatoms. The third kappa shape index (κ3) is 3.62. The van der Waals surface area contributed by atoms with E-state index in [4.69, 9.17) is 11.6 Å². The van der Waals surface area contributed by atoms with E-state index in [0.29, 0.717) is 0 Å². The smallest absolute Gasteiger partial charge is 0.0673 e. The van der Waals surface area contributed by atoms with Crippen molar-refractivity contribution < 1.29 is 0 Å². The van der Waals surface area contributed by atoms with Gasteiger partial charge in [0.05, 0.1) is 5.69 Å². The molecule has 0 N–H and O–H groups in total. The predicted octanol–water partition coefficient (Wildman–Crippen LogP) is 7.33. The number of halogens is 3. The van der Waals surface area contributed by atoms with Crippen molar-refractivity contribution in [3.05, 3.63) is 78.9 Å². The van der Waals surface area contributed by atoms with E-state index in [2.05, 4.69) is 67.4 Å². The molecule has 3 aromatic rings. The van der Waals surface area contributed by atoms with Gasteiger partial charge in [-0.05, 0) is 78.7 Å². The van der Waals surface area contributed by atoms with Gasteiger partial charge in [-0.2, -0.15) is 0 Å². The van der Waals surface area contributed by atoms with Gasteiger partial charge in [0, 0.05) is 42.8 Å². The van der Waals surface area contributed by atoms with E-state index in [1.54, 1.807) is 0 Å². The average Bonchev–Trinajstić information content (AvgIpc) is 2.80. The van der Waals surface area contributed by atoms with Gasteiger partial charge >= 0.3 is 0 Å². The van der Waals surface area contributed by atoms with Gasteiger partial charge in [0.25, 0.3) is 0 Å². The van der Waals surface area contributed by atoms with Crippen molar-refractivity contribution in [2.75, 3.05) is 0 Å². The molecule has 1 aromatic heterocycles. The lowest BCUT2D eigenvalue weighted by Gasteiger charge is -2.09. The Bertz CT molecular complexity index is 957. The van der Waals surface area contributed by atoms with Crippen molar-refractivity contribution in [1.29, 1.82) is 0 Å². The molecule has 0 saturated heterocycles. The molecule has 25 heavy (non-hydrogen) atoms. The minimum absolute atomic E-state index is 0.731. The summed E-state index contributed by atoms with van der Waals surface area (Å²) in [5, 5.41) is 0.731. The first-order valence-corrected chi connectivity index (χ1v) is 9.79. The summed E-state index contributed by atoms with van der Waals surface area (Å²) >= 11 is 13.4. The maximum atomic E-state index is 6.19. The number of hydrogen-bond acceptors (Lipinski definition) is 1. The third-order valence-corrected chi connectivity index (χ3v) is 6.21. The quantitative estimate of drug-likeness (QED) is 0.349. The Labute approximate surface area is 169 Å². The number of aliphatic imine (C=N–C) groups is 1. The molecule has 1 heterocycles. The normalized spacial score (nSPS) is 11.4. The summed E-state index contributed by atoms with van der Waals surface area (Å²) in [5.74, 6) is 0. The zero-order valence-electron chi connectivity index (χ0n) is 14.1. The van der Waals surface area contributed by atoms with Gasteiger partial charge in [-0.3, -0.25) is 4.99 Å². The van der Waals surface area contributed by atoms with Crippen molar-refractivity contribution in [2.24, 2.45) is 4.99 Å². The number of hydrogen-bond donors (Lipinski definition) is 0. The molecular formula is C20H17Br2ClN2. The average molecular weight is 481 g/mol. The zero-order chi connectivity index (χ0) is 18.1. The Kier molecular flexibility index (Phi) is 5.52. The van der Waals surface area contributed by atoms with Crippen LogP contribution in [-0.4, -0.2) is 10.8 Å². The van der Waals surface area contributed by atoms with Crippen LogP contribution < -0.4 is 0 Å². The molecule has 0 saturated carbocycles. The van der Waals surface area contributed by atoms with Crippen LogP contribution >= 0.6 is 43.5 Å². The molecule has 0 aliphatic carbocycles. The Morgan fingerprint density at radius 2 is 1.64 bits per heavy atom. The monoisotopic (exact) mass is 478 g/mol. The Balaban J connectivity index is 2.06. The van der Waals surface area contributed by atoms with E-state index in [-0.39, 0.29) is 0 Å². The van der Waals surface area contributed by atoms with Crippen LogP contribution in [0.4, 0.5) is 5.69 Å². The first-order valence-electron chi connectivity index (χ1n) is 7.82. The van der Waals surface area contributed by atoms with E-state index in [1.807, 2.05) is 43.5 Å². The summed E-state index contributed by atoms with van der Waals surface area (Å²) in [5.41, 5.74) is 6.34. The van der Waals surface area contributed by atoms with Crippen molar-refractivity contribution >= 4 is 55.4 Å². The topological polar surface area (TPSA) is 17.3 Å². The SMILES string of the molecule is Cc1c(Cl)cccc1N=Cc1c(Br)c(C)n(-c2ccc(Br)cc2)c1C. The van der Waals surface area contributed by atoms with Crippen LogP contribution in [0.5, 0.6) is 0 Å². The second-order valence-electron chi connectivity index (χ2n) is 5.85. The fourth-order valence-corrected chi connectivity index (χ4v) is 3.82. The lowest BCUT2D eigenvalue weighted by molar-refractivity contribution is 0.962. The van der Waals surface area contributed by atoms with E-state index in [1.165, 1.54) is 0 Å². The third-order valence-electron chi connectivity index (χ3n) is 4.27. The molecule has 0 unspecified atom stereocenters. The molecule has 0 bridgehead atoms. The maximum Gasteiger partial charge on any atom is 0.0673 e. The Morgan fingerprint density at radius 1 is 0.960 bits per heavy atom. The van der Waals surface area contributed by atoms with E-state index < -0.39 is 0 Å². The summed E-state index contributed by atoms with van der Waals surface area (Å²) in [6.45, 7) is 6.18. The molecule has 0 aliphatic heterocycles. The number of nitrogens with zero attached hydrogens (tertiary/aromatic N) is 2. The minimum Gasteiger partial charge on any atom is -0.317 e. The second kappa shape index (κ2) is 7.48. The molecule has 0 fully saturated rings. The summed E-state index contributed by atoms with van der Waals surface area (Å²) < 4.78 is 4.34. The number of benzene rings is 2. The summed E-state index contributed by atoms with van der Waals surface area (Å²) in [6.07, 6.45) is 1.90. The molecule has 0 spiro atoms. The molecule has 2 nitrogen and oxygen atoms in total. The van der Waals surface area contributed by atoms with Crippen molar-refractivity contribution in [3.8, 4) is 5.69 Å². The minimum atomic E-state index is 0.731. The summed E-state index contributed by atoms with van der Waals surface area (Å²) in [7, 11) is 0. The lowest BCUT2D eigenvalue weighted by atomic mass is 10.2. The van der Waals surface area contributed by atoms with Crippen LogP contribution in [0.2, 0.25) is 5.02 Å². The van der Waals surface area contributed by atoms with Crippen LogP contribution in [0, 0.1) is 20.8 Å². The van der Waals surface area contributed by atoms with E-state index in [9.17, 15) is 0 Å². The molecule has 3 rings (SSSR count). The van der Waals surface area contributed by atoms with Crippen LogP contribution in [-0.2, 0) is 0 Å². The van der Waals surface area contributed by atoms with E-state index in [0.717, 1.165) is 47.9 Å². The molecule has 128 valence electrons. The van der Waals surface area contributed by atoms with Crippen molar-refractivity contribution in [2.45, 2.75) is 20.8 Å². The van der Waals surface area contributed by atoms with E-state index >= 15 is 0 Å². The first-order chi connectivity index (χ1) is 11.9. The zero-order valence-corrected chi connectivity index (χ0v) is 18.1. The Morgan fingerprint density at radius 3 is 2.32 bits per heavy atom. The van der Waals surface area contributed by atoms with Crippen molar-refractivity contribution in [1.82, 2.24) is 4.57 Å². The van der Waals surface area contributed by atoms with Crippen LogP contribution in [0.25, 0.3) is 5.69 Å². The van der Waals surface area contributed by atoms with Crippen LogP contribution in [0.3, 0.4) is 0 Å². The highest BCUT2D eigenvalue weighted by Crippen LogP contribution is 2.31. The maximum absolute atomic E-state index is 6.19. The van der Waals surface area contributed by atoms with Crippen LogP contribution in [0.1, 0.15) is 22.5 Å². The molecule has 0 atom stereocenters. The van der Waals surface area contributed by atoms with Gasteiger partial charge in [-0.15, -0.1) is 0 Å². The molecular weight excluding hydrogens is 463 g/mol. The lowest BCUT2D eigenvalue weighted by Crippen LogP contribution is -1.99. The van der Waals surface area contributed by atoms with Gasteiger partial charge in [-0.25, -0.2) is 0 Å². The highest BCUT2D eigenvalue weighted by Gasteiger charge is 2.15. The molecule has 0 aliphatic rings. The highest BCUT2D eigenvalue weighted by molar-refractivity contribution is 9.10. The molecule has 0 radical (unpaired) electrons. The van der Waals surface area contributed by atoms with Gasteiger partial charge in [0.1, 0.15) is 0 Å². The first kappa shape index (κ1) is 18.4. The fraction of sp³-hybridized carbons (Fsp3) is 0.150. The number of aromatic nitrogens is 1. The Hall–Kier alpha value is -1.36. The number of rotatable bonds is 3. The summed E-state index contributed by atoms with van der Waals surface area (Å²) in [4.78, 5) is 4.66. The fourth-order valence-electron chi connectivity index (χ4n) is 2.82. The van der Waals surface area contributed by atoms with Gasteiger partial charge in [0.15, 0.2) is 0 Å². The second-order valence-corrected chi connectivity index (χ2v) is 7.97. The van der Waals surface area contributed by atoms with Gasteiger partial charge in [-0.1, -0.05) is 33.6 Å². The summed E-state index contributed by atoms with van der Waals surface area (Å²) in [6, 6.07) is 14.1. The highest BCUT2D eigenvalue weighted by atomic mass is 79.9. The predicted molar refractivity (Wildman–Crippen MR) is 114 cm³/mol. The van der Waals surface area contributed by atoms with Crippen LogP contribution in [0.15, 0.2) is 56.4 Å².